The lowest BCUT2D eigenvalue weighted by Gasteiger charge is -2.51. The second-order valence-corrected chi connectivity index (χ2v) is 6.47. The molecule has 3 aliphatic rings. The van der Waals surface area contributed by atoms with E-state index < -0.39 is 0 Å². The number of carbonyl (C=O) groups is 1. The second-order valence-electron chi connectivity index (χ2n) is 6.47. The molecule has 3 rings (SSSR count). The third-order valence-corrected chi connectivity index (χ3v) is 5.09. The van der Waals surface area contributed by atoms with Crippen molar-refractivity contribution in [1.82, 2.24) is 0 Å². The van der Waals surface area contributed by atoms with Crippen molar-refractivity contribution >= 4 is 5.97 Å². The van der Waals surface area contributed by atoms with Gasteiger partial charge in [-0.05, 0) is 41.6 Å². The van der Waals surface area contributed by atoms with Crippen molar-refractivity contribution in [2.24, 2.45) is 16.7 Å². The van der Waals surface area contributed by atoms with Gasteiger partial charge in [0.25, 0.3) is 0 Å². The largest absolute Gasteiger partial charge is 0.458 e. The molecule has 2 heteroatoms. The standard InChI is InChI=1S/C15H20O2/c1-14(2)7-4-8-15(3)11-9-17-13(16)10(11)5-6-12(14)15/h4,7,12H,5-6,8-9H2,1-3H3/t12-,15+/m0/s1. The van der Waals surface area contributed by atoms with Gasteiger partial charge in [0.2, 0.25) is 0 Å². The Morgan fingerprint density at radius 2 is 2.12 bits per heavy atom. The molecule has 0 saturated carbocycles. The first-order valence-corrected chi connectivity index (χ1v) is 6.52. The van der Waals surface area contributed by atoms with Crippen molar-refractivity contribution in [1.29, 1.82) is 0 Å². The van der Waals surface area contributed by atoms with Gasteiger partial charge in [-0.2, -0.15) is 0 Å². The average Bonchev–Trinajstić information content (AvgIpc) is 2.60. The fourth-order valence-electron chi connectivity index (χ4n) is 4.20. The first-order valence-electron chi connectivity index (χ1n) is 6.52. The van der Waals surface area contributed by atoms with Crippen LogP contribution in [0, 0.1) is 16.7 Å². The molecule has 0 N–H and O–H groups in total. The van der Waals surface area contributed by atoms with Crippen LogP contribution in [0.3, 0.4) is 0 Å². The number of rotatable bonds is 0. The van der Waals surface area contributed by atoms with Crippen LogP contribution in [0.4, 0.5) is 0 Å². The highest BCUT2D eigenvalue weighted by molar-refractivity contribution is 5.92. The highest BCUT2D eigenvalue weighted by atomic mass is 16.5. The number of carbonyl (C=O) groups excluding carboxylic acids is 1. The monoisotopic (exact) mass is 232 g/mol. The maximum Gasteiger partial charge on any atom is 0.334 e. The first-order chi connectivity index (χ1) is 7.95. The summed E-state index contributed by atoms with van der Waals surface area (Å²) >= 11 is 0. The zero-order valence-corrected chi connectivity index (χ0v) is 10.9. The van der Waals surface area contributed by atoms with Gasteiger partial charge in [-0.1, -0.05) is 32.9 Å². The van der Waals surface area contributed by atoms with Gasteiger partial charge in [0, 0.05) is 5.57 Å². The Labute approximate surface area is 103 Å². The lowest BCUT2D eigenvalue weighted by atomic mass is 9.53. The molecule has 1 heterocycles. The summed E-state index contributed by atoms with van der Waals surface area (Å²) in [5.74, 6) is 0.570. The minimum Gasteiger partial charge on any atom is -0.458 e. The Balaban J connectivity index is 2.10. The molecular weight excluding hydrogens is 212 g/mol. The number of allylic oxidation sites excluding steroid dienone is 2. The number of hydrogen-bond acceptors (Lipinski definition) is 2. The molecule has 0 saturated heterocycles. The Morgan fingerprint density at radius 3 is 2.88 bits per heavy atom. The lowest BCUT2D eigenvalue weighted by Crippen LogP contribution is -2.43. The van der Waals surface area contributed by atoms with Crippen LogP contribution in [0.5, 0.6) is 0 Å². The summed E-state index contributed by atoms with van der Waals surface area (Å²) in [5, 5.41) is 0. The van der Waals surface area contributed by atoms with Gasteiger partial charge in [0.05, 0.1) is 0 Å². The molecule has 0 unspecified atom stereocenters. The average molecular weight is 232 g/mol. The minimum absolute atomic E-state index is 0.0629. The quantitative estimate of drug-likeness (QED) is 0.473. The Kier molecular flexibility index (Phi) is 2.11. The predicted molar refractivity (Wildman–Crippen MR) is 66.4 cm³/mol. The summed E-state index contributed by atoms with van der Waals surface area (Å²) in [6, 6.07) is 0. The molecule has 1 aliphatic heterocycles. The molecule has 17 heavy (non-hydrogen) atoms. The molecular formula is C15H20O2. The summed E-state index contributed by atoms with van der Waals surface area (Å²) in [4.78, 5) is 11.7. The fourth-order valence-corrected chi connectivity index (χ4v) is 4.20. The molecule has 0 bridgehead atoms. The third-order valence-electron chi connectivity index (χ3n) is 5.09. The molecule has 0 amide bonds. The summed E-state index contributed by atoms with van der Waals surface area (Å²) in [6.07, 6.45) is 7.71. The van der Waals surface area contributed by atoms with Crippen LogP contribution in [0.1, 0.15) is 40.0 Å². The van der Waals surface area contributed by atoms with Crippen molar-refractivity contribution in [2.75, 3.05) is 6.61 Å². The van der Waals surface area contributed by atoms with Crippen LogP contribution < -0.4 is 0 Å². The van der Waals surface area contributed by atoms with Crippen LogP contribution in [-0.2, 0) is 9.53 Å². The molecule has 2 aliphatic carbocycles. The Bertz CT molecular complexity index is 442. The summed E-state index contributed by atoms with van der Waals surface area (Å²) in [7, 11) is 0. The minimum atomic E-state index is -0.0629. The van der Waals surface area contributed by atoms with E-state index in [2.05, 4.69) is 32.9 Å². The van der Waals surface area contributed by atoms with Crippen LogP contribution in [-0.4, -0.2) is 12.6 Å². The zero-order valence-electron chi connectivity index (χ0n) is 10.9. The van der Waals surface area contributed by atoms with Gasteiger partial charge in [0.1, 0.15) is 6.61 Å². The zero-order chi connectivity index (χ0) is 12.3. The maximum atomic E-state index is 11.7. The van der Waals surface area contributed by atoms with Crippen molar-refractivity contribution < 1.29 is 9.53 Å². The lowest BCUT2D eigenvalue weighted by molar-refractivity contribution is -0.136. The van der Waals surface area contributed by atoms with Gasteiger partial charge in [-0.15, -0.1) is 0 Å². The molecule has 0 aromatic heterocycles. The van der Waals surface area contributed by atoms with Crippen LogP contribution >= 0.6 is 0 Å². The third kappa shape index (κ3) is 1.36. The van der Waals surface area contributed by atoms with Gasteiger partial charge in [-0.3, -0.25) is 0 Å². The highest BCUT2D eigenvalue weighted by Crippen LogP contribution is 2.58. The SMILES string of the molecule is CC1(C)C=CC[C@]2(C)C3=C(CC[C@@H]12)C(=O)OC3. The van der Waals surface area contributed by atoms with Crippen LogP contribution in [0.2, 0.25) is 0 Å². The van der Waals surface area contributed by atoms with Crippen molar-refractivity contribution in [3.8, 4) is 0 Å². The molecule has 0 radical (unpaired) electrons. The van der Waals surface area contributed by atoms with Crippen molar-refractivity contribution in [2.45, 2.75) is 40.0 Å². The molecule has 92 valence electrons. The number of ether oxygens (including phenoxy) is 1. The summed E-state index contributed by atoms with van der Waals surface area (Å²) < 4.78 is 5.25. The van der Waals surface area contributed by atoms with E-state index in [1.807, 2.05) is 0 Å². The summed E-state index contributed by atoms with van der Waals surface area (Å²) in [6.45, 7) is 7.48. The van der Waals surface area contributed by atoms with Gasteiger partial charge in [0.15, 0.2) is 0 Å². The van der Waals surface area contributed by atoms with Gasteiger partial charge < -0.3 is 4.74 Å². The van der Waals surface area contributed by atoms with E-state index in [0.29, 0.717) is 12.5 Å². The number of fused-ring (bicyclic) bond motifs is 2. The maximum absolute atomic E-state index is 11.7. The highest BCUT2D eigenvalue weighted by Gasteiger charge is 2.51. The molecule has 2 nitrogen and oxygen atoms in total. The topological polar surface area (TPSA) is 26.3 Å². The van der Waals surface area contributed by atoms with E-state index in [1.54, 1.807) is 0 Å². The van der Waals surface area contributed by atoms with Gasteiger partial charge in [-0.25, -0.2) is 4.79 Å². The van der Waals surface area contributed by atoms with Crippen LogP contribution in [0.15, 0.2) is 23.3 Å². The first kappa shape index (κ1) is 11.1. The number of cyclic esters (lactones) is 1. The molecule has 0 aromatic rings. The fraction of sp³-hybridized carbons (Fsp3) is 0.667. The summed E-state index contributed by atoms with van der Waals surface area (Å²) in [5.41, 5.74) is 2.64. The smallest absolute Gasteiger partial charge is 0.334 e. The molecule has 0 spiro atoms. The van der Waals surface area contributed by atoms with E-state index in [1.165, 1.54) is 5.57 Å². The van der Waals surface area contributed by atoms with E-state index >= 15 is 0 Å². The second kappa shape index (κ2) is 3.24. The number of hydrogen-bond donors (Lipinski definition) is 0. The molecule has 0 aromatic carbocycles. The Morgan fingerprint density at radius 1 is 1.35 bits per heavy atom. The van der Waals surface area contributed by atoms with E-state index in [9.17, 15) is 4.79 Å². The normalized spacial score (nSPS) is 38.8. The predicted octanol–water partition coefficient (Wildman–Crippen LogP) is 3.24. The molecule has 0 fully saturated rings. The van der Waals surface area contributed by atoms with Crippen LogP contribution in [0.25, 0.3) is 0 Å². The van der Waals surface area contributed by atoms with Gasteiger partial charge >= 0.3 is 5.97 Å². The molecule has 2 atom stereocenters. The van der Waals surface area contributed by atoms with Crippen molar-refractivity contribution in [3.63, 3.8) is 0 Å². The van der Waals surface area contributed by atoms with E-state index in [4.69, 9.17) is 4.74 Å². The van der Waals surface area contributed by atoms with E-state index in [-0.39, 0.29) is 16.8 Å². The Hall–Kier alpha value is -1.05. The van der Waals surface area contributed by atoms with E-state index in [0.717, 1.165) is 24.8 Å². The van der Waals surface area contributed by atoms with Crippen molar-refractivity contribution in [3.05, 3.63) is 23.3 Å². The number of esters is 1.